The fourth-order valence-corrected chi connectivity index (χ4v) is 3.46. The van der Waals surface area contributed by atoms with Crippen molar-refractivity contribution in [2.24, 2.45) is 0 Å². The molecule has 0 aliphatic heterocycles. The molecule has 0 radical (unpaired) electrons. The van der Waals surface area contributed by atoms with Crippen LogP contribution in [0.4, 0.5) is 18.9 Å². The lowest BCUT2D eigenvalue weighted by Gasteiger charge is -2.19. The summed E-state index contributed by atoms with van der Waals surface area (Å²) in [4.78, 5) is 26.1. The van der Waals surface area contributed by atoms with Gasteiger partial charge in [-0.05, 0) is 35.0 Å². The predicted molar refractivity (Wildman–Crippen MR) is 119 cm³/mol. The molecule has 0 heterocycles. The van der Waals surface area contributed by atoms with E-state index >= 15 is 0 Å². The number of carbonyl (C=O) groups is 2. The highest BCUT2D eigenvalue weighted by Crippen LogP contribution is 2.31. The van der Waals surface area contributed by atoms with Crippen LogP contribution < -0.4 is 5.32 Å². The number of ether oxygens (including phenoxy) is 1. The first kappa shape index (κ1) is 22.1. The first-order chi connectivity index (χ1) is 15.8. The maximum atomic E-state index is 13.0. The molecular weight excluding hydrogens is 431 g/mol. The minimum Gasteiger partial charge on any atom is -0.444 e. The summed E-state index contributed by atoms with van der Waals surface area (Å²) in [5.74, 6) is -1.49. The van der Waals surface area contributed by atoms with E-state index in [1.807, 2.05) is 18.2 Å². The van der Waals surface area contributed by atoms with Crippen LogP contribution in [0.5, 0.6) is 0 Å². The van der Waals surface area contributed by atoms with Crippen molar-refractivity contribution in [3.63, 3.8) is 0 Å². The van der Waals surface area contributed by atoms with E-state index in [9.17, 15) is 22.8 Å². The Morgan fingerprint density at radius 1 is 0.788 bits per heavy atom. The van der Waals surface area contributed by atoms with Crippen molar-refractivity contribution in [3.8, 4) is 0 Å². The molecule has 166 valence electrons. The molecule has 0 unspecified atom stereocenters. The number of anilines is 1. The molecule has 0 aliphatic carbocycles. The molecule has 0 aliphatic rings. The van der Waals surface area contributed by atoms with Crippen LogP contribution >= 0.6 is 0 Å². The van der Waals surface area contributed by atoms with Gasteiger partial charge in [-0.2, -0.15) is 13.2 Å². The largest absolute Gasteiger partial charge is 0.444 e. The van der Waals surface area contributed by atoms with Crippen LogP contribution in [0.3, 0.4) is 0 Å². The summed E-state index contributed by atoms with van der Waals surface area (Å²) in [6, 6.07) is 24.9. The molecule has 1 amide bonds. The monoisotopic (exact) mass is 449 g/mol. The van der Waals surface area contributed by atoms with Gasteiger partial charge in [-0.1, -0.05) is 72.8 Å². The third-order valence-electron chi connectivity index (χ3n) is 5.03. The fourth-order valence-electron chi connectivity index (χ4n) is 3.46. The summed E-state index contributed by atoms with van der Waals surface area (Å²) in [5, 5.41) is 3.92. The molecule has 7 heteroatoms. The Kier molecular flexibility index (Phi) is 6.13. The fraction of sp³-hybridized carbons (Fsp3) is 0.0769. The Morgan fingerprint density at radius 2 is 1.45 bits per heavy atom. The molecule has 4 rings (SSSR count). The predicted octanol–water partition coefficient (Wildman–Crippen LogP) is 6.40. The summed E-state index contributed by atoms with van der Waals surface area (Å²) in [5.41, 5.74) is -0.294. The Morgan fingerprint density at radius 3 is 2.21 bits per heavy atom. The van der Waals surface area contributed by atoms with Crippen molar-refractivity contribution in [2.75, 3.05) is 5.32 Å². The standard InChI is InChI=1S/C26H18F3NO3/c27-26(28,29)19-12-7-13-20(16-19)30-24(31)23(18-9-2-1-3-10-18)33-25(32)22-15-6-11-17-8-4-5-14-21(17)22/h1-16,23H,(H,30,31)/t23-/m0/s1. The lowest BCUT2D eigenvalue weighted by Crippen LogP contribution is -2.26. The van der Waals surface area contributed by atoms with Crippen molar-refractivity contribution in [2.45, 2.75) is 12.3 Å². The van der Waals surface area contributed by atoms with Gasteiger partial charge in [0.1, 0.15) is 0 Å². The van der Waals surface area contributed by atoms with Gasteiger partial charge in [0.15, 0.2) is 0 Å². The van der Waals surface area contributed by atoms with Gasteiger partial charge in [-0.3, -0.25) is 4.79 Å². The smallest absolute Gasteiger partial charge is 0.416 e. The lowest BCUT2D eigenvalue weighted by atomic mass is 10.0. The maximum Gasteiger partial charge on any atom is 0.416 e. The van der Waals surface area contributed by atoms with Crippen molar-refractivity contribution in [3.05, 3.63) is 114 Å². The molecule has 0 bridgehead atoms. The number of nitrogens with one attached hydrogen (secondary N) is 1. The van der Waals surface area contributed by atoms with E-state index in [4.69, 9.17) is 4.74 Å². The van der Waals surface area contributed by atoms with E-state index in [1.165, 1.54) is 12.1 Å². The molecule has 0 aromatic heterocycles. The zero-order valence-corrected chi connectivity index (χ0v) is 17.2. The third kappa shape index (κ3) is 5.03. The van der Waals surface area contributed by atoms with Crippen molar-refractivity contribution >= 4 is 28.3 Å². The highest BCUT2D eigenvalue weighted by Gasteiger charge is 2.31. The maximum absolute atomic E-state index is 13.0. The van der Waals surface area contributed by atoms with Gasteiger partial charge in [0.25, 0.3) is 5.91 Å². The van der Waals surface area contributed by atoms with Crippen LogP contribution in [0, 0.1) is 0 Å². The molecule has 1 N–H and O–H groups in total. The second-order valence-electron chi connectivity index (χ2n) is 7.29. The van der Waals surface area contributed by atoms with E-state index < -0.39 is 29.7 Å². The van der Waals surface area contributed by atoms with Crippen LogP contribution in [0.1, 0.15) is 27.6 Å². The average molecular weight is 449 g/mol. The van der Waals surface area contributed by atoms with Crippen LogP contribution in [-0.2, 0) is 15.7 Å². The Labute approximate surface area is 187 Å². The van der Waals surface area contributed by atoms with E-state index in [0.717, 1.165) is 17.5 Å². The normalized spacial score (nSPS) is 12.2. The molecular formula is C26H18F3NO3. The molecule has 0 fully saturated rings. The third-order valence-corrected chi connectivity index (χ3v) is 5.03. The quantitative estimate of drug-likeness (QED) is 0.359. The van der Waals surface area contributed by atoms with Gasteiger partial charge >= 0.3 is 12.1 Å². The van der Waals surface area contributed by atoms with Gasteiger partial charge in [0.2, 0.25) is 6.10 Å². The molecule has 33 heavy (non-hydrogen) atoms. The minimum absolute atomic E-state index is 0.0584. The van der Waals surface area contributed by atoms with Crippen molar-refractivity contribution in [1.82, 2.24) is 0 Å². The number of rotatable bonds is 5. The minimum atomic E-state index is -4.56. The number of hydrogen-bond donors (Lipinski definition) is 1. The second-order valence-corrected chi connectivity index (χ2v) is 7.29. The van der Waals surface area contributed by atoms with E-state index in [1.54, 1.807) is 54.6 Å². The van der Waals surface area contributed by atoms with Crippen molar-refractivity contribution < 1.29 is 27.5 Å². The van der Waals surface area contributed by atoms with Gasteiger partial charge in [0, 0.05) is 11.3 Å². The van der Waals surface area contributed by atoms with E-state index in [2.05, 4.69) is 5.32 Å². The molecule has 0 spiro atoms. The molecule has 0 saturated carbocycles. The van der Waals surface area contributed by atoms with Gasteiger partial charge in [0.05, 0.1) is 11.1 Å². The zero-order valence-electron chi connectivity index (χ0n) is 17.2. The molecule has 0 saturated heterocycles. The van der Waals surface area contributed by atoms with E-state index in [0.29, 0.717) is 10.9 Å². The molecule has 4 aromatic rings. The van der Waals surface area contributed by atoms with Crippen molar-refractivity contribution in [1.29, 1.82) is 0 Å². The summed E-state index contributed by atoms with van der Waals surface area (Å²) in [6.45, 7) is 0. The summed E-state index contributed by atoms with van der Waals surface area (Å²) < 4.78 is 44.7. The molecule has 4 aromatic carbocycles. The first-order valence-corrected chi connectivity index (χ1v) is 10.0. The molecule has 4 nitrogen and oxygen atoms in total. The number of esters is 1. The highest BCUT2D eigenvalue weighted by molar-refractivity contribution is 6.06. The number of carbonyl (C=O) groups excluding carboxylic acids is 2. The van der Waals surface area contributed by atoms with E-state index in [-0.39, 0.29) is 11.3 Å². The number of fused-ring (bicyclic) bond motifs is 1. The number of halogens is 3. The summed E-state index contributed by atoms with van der Waals surface area (Å²) in [6.07, 6.45) is -5.92. The number of benzene rings is 4. The van der Waals surface area contributed by atoms with Crippen LogP contribution in [0.15, 0.2) is 97.1 Å². The van der Waals surface area contributed by atoms with Crippen LogP contribution in [-0.4, -0.2) is 11.9 Å². The second kappa shape index (κ2) is 9.16. The number of hydrogen-bond acceptors (Lipinski definition) is 3. The lowest BCUT2D eigenvalue weighted by molar-refractivity contribution is -0.137. The van der Waals surface area contributed by atoms with Gasteiger partial charge < -0.3 is 10.1 Å². The van der Waals surface area contributed by atoms with Crippen LogP contribution in [0.25, 0.3) is 10.8 Å². The molecule has 1 atom stereocenters. The average Bonchev–Trinajstić information content (AvgIpc) is 2.82. The first-order valence-electron chi connectivity index (χ1n) is 10.0. The SMILES string of the molecule is O=C(O[C@H](C(=O)Nc1cccc(C(F)(F)F)c1)c1ccccc1)c1cccc2ccccc12. The topological polar surface area (TPSA) is 55.4 Å². The Bertz CT molecular complexity index is 1300. The number of alkyl halides is 3. The van der Waals surface area contributed by atoms with Gasteiger partial charge in [-0.25, -0.2) is 4.79 Å². The zero-order chi connectivity index (χ0) is 23.4. The summed E-state index contributed by atoms with van der Waals surface area (Å²) in [7, 11) is 0. The Hall–Kier alpha value is -4.13. The Balaban J connectivity index is 1.63. The number of amides is 1. The summed E-state index contributed by atoms with van der Waals surface area (Å²) >= 11 is 0. The van der Waals surface area contributed by atoms with Crippen LogP contribution in [0.2, 0.25) is 0 Å². The highest BCUT2D eigenvalue weighted by atomic mass is 19.4. The van der Waals surface area contributed by atoms with Gasteiger partial charge in [-0.15, -0.1) is 0 Å².